The van der Waals surface area contributed by atoms with Crippen LogP contribution in [0.4, 0.5) is 4.39 Å². The number of thiophene rings is 1. The molecule has 10 heteroatoms. The molecule has 5 aromatic rings. The van der Waals surface area contributed by atoms with E-state index in [9.17, 15) is 14.0 Å². The van der Waals surface area contributed by atoms with Crippen molar-refractivity contribution in [2.75, 3.05) is 6.54 Å². The van der Waals surface area contributed by atoms with Crippen LogP contribution in [0.15, 0.2) is 65.1 Å². The Labute approximate surface area is 263 Å². The van der Waals surface area contributed by atoms with Crippen LogP contribution < -0.4 is 5.32 Å². The van der Waals surface area contributed by atoms with Gasteiger partial charge in [0.2, 0.25) is 11.8 Å². The van der Waals surface area contributed by atoms with Crippen LogP contribution in [0, 0.1) is 12.7 Å². The number of pyridine rings is 1. The van der Waals surface area contributed by atoms with Gasteiger partial charge in [-0.05, 0) is 79.5 Å². The van der Waals surface area contributed by atoms with Crippen molar-refractivity contribution in [3.05, 3.63) is 111 Å². The van der Waals surface area contributed by atoms with E-state index in [1.807, 2.05) is 29.2 Å². The third-order valence-electron chi connectivity index (χ3n) is 9.16. The second-order valence-corrected chi connectivity index (χ2v) is 13.0. The average molecular weight is 620 g/mol. The number of hydrogen-bond donors (Lipinski definition) is 1. The molecule has 45 heavy (non-hydrogen) atoms. The fourth-order valence-corrected chi connectivity index (χ4v) is 8.02. The number of fused-ring (bicyclic) bond motifs is 4. The average Bonchev–Trinajstić information content (AvgIpc) is 3.88. The molecule has 1 N–H and O–H groups in total. The second kappa shape index (κ2) is 11.0. The minimum Gasteiger partial charge on any atom is -0.421 e. The summed E-state index contributed by atoms with van der Waals surface area (Å²) in [5.74, 6) is 0.204. The van der Waals surface area contributed by atoms with Crippen LogP contribution in [0.1, 0.15) is 85.3 Å². The molecule has 2 unspecified atom stereocenters. The van der Waals surface area contributed by atoms with Crippen LogP contribution in [-0.2, 0) is 19.3 Å². The molecule has 0 saturated carbocycles. The molecule has 3 aromatic heterocycles. The van der Waals surface area contributed by atoms with Gasteiger partial charge in [0, 0.05) is 23.9 Å². The van der Waals surface area contributed by atoms with Crippen molar-refractivity contribution in [1.29, 1.82) is 0 Å². The lowest BCUT2D eigenvalue weighted by atomic mass is 9.93. The molecule has 8 nitrogen and oxygen atoms in total. The van der Waals surface area contributed by atoms with Crippen molar-refractivity contribution < 1.29 is 18.4 Å². The van der Waals surface area contributed by atoms with Gasteiger partial charge in [0.05, 0.1) is 39.5 Å². The number of amides is 2. The first-order valence-electron chi connectivity index (χ1n) is 15.4. The summed E-state index contributed by atoms with van der Waals surface area (Å²) in [5.41, 5.74) is 6.76. The highest BCUT2D eigenvalue weighted by Gasteiger charge is 2.45. The summed E-state index contributed by atoms with van der Waals surface area (Å²) < 4.78 is 19.6. The van der Waals surface area contributed by atoms with Gasteiger partial charge in [-0.15, -0.1) is 21.5 Å². The molecule has 0 bridgehead atoms. The highest BCUT2D eigenvalue weighted by atomic mass is 32.1. The molecule has 226 valence electrons. The first kappa shape index (κ1) is 27.8. The van der Waals surface area contributed by atoms with E-state index in [2.05, 4.69) is 27.6 Å². The summed E-state index contributed by atoms with van der Waals surface area (Å²) in [5, 5.41) is 11.7. The SMILES string of the molecule is Cc1nnc(-c2c(CCc3ccc(F)cc3)nc3c(c2-c2ccc(C(=O)NC4CCc5ccccc54)s2)C(=O)N2CCCC32)o1. The highest BCUT2D eigenvalue weighted by Crippen LogP contribution is 2.49. The van der Waals surface area contributed by atoms with Gasteiger partial charge >= 0.3 is 0 Å². The Hall–Kier alpha value is -4.70. The van der Waals surface area contributed by atoms with Gasteiger partial charge in [-0.25, -0.2) is 4.39 Å². The molecule has 2 amide bonds. The van der Waals surface area contributed by atoms with E-state index in [1.54, 1.807) is 19.1 Å². The molecule has 1 aliphatic carbocycles. The minimum absolute atomic E-state index is 0.0341. The van der Waals surface area contributed by atoms with Gasteiger partial charge in [-0.1, -0.05) is 36.4 Å². The number of benzene rings is 2. The van der Waals surface area contributed by atoms with Crippen LogP contribution in [-0.4, -0.2) is 38.4 Å². The Morgan fingerprint density at radius 3 is 2.69 bits per heavy atom. The van der Waals surface area contributed by atoms with E-state index in [4.69, 9.17) is 9.40 Å². The van der Waals surface area contributed by atoms with Crippen LogP contribution in [0.2, 0.25) is 0 Å². The number of nitrogens with zero attached hydrogens (tertiary/aromatic N) is 4. The lowest BCUT2D eigenvalue weighted by Gasteiger charge is -2.16. The predicted octanol–water partition coefficient (Wildman–Crippen LogP) is 6.80. The maximum Gasteiger partial charge on any atom is 0.261 e. The van der Waals surface area contributed by atoms with E-state index in [0.717, 1.165) is 47.5 Å². The van der Waals surface area contributed by atoms with Crippen LogP contribution in [0.5, 0.6) is 0 Å². The van der Waals surface area contributed by atoms with Gasteiger partial charge in [0.15, 0.2) is 0 Å². The zero-order valence-corrected chi connectivity index (χ0v) is 25.5. The van der Waals surface area contributed by atoms with E-state index in [1.165, 1.54) is 34.6 Å². The molecule has 2 aromatic carbocycles. The minimum atomic E-state index is -0.284. The first-order valence-corrected chi connectivity index (χ1v) is 16.2. The molecule has 0 radical (unpaired) electrons. The van der Waals surface area contributed by atoms with Gasteiger partial charge in [-0.2, -0.15) is 0 Å². The standard InChI is InChI=1S/C35H30FN5O3S/c1-19-39-40-34(44-19)29-25(14-10-20-8-12-22(36)13-9-20)37-32-26-7-4-18-41(26)35(43)31(32)30(29)27-16-17-28(45-27)33(42)38-24-15-11-21-5-2-3-6-23(21)24/h2-3,5-6,8-9,12-13,16-17,24,26H,4,7,10-11,14-15,18H2,1H3,(H,38,42). The number of nitrogens with one attached hydrogen (secondary N) is 1. The van der Waals surface area contributed by atoms with Gasteiger partial charge < -0.3 is 14.6 Å². The fraction of sp³-hybridized carbons (Fsp3) is 0.286. The van der Waals surface area contributed by atoms with Crippen LogP contribution in [0.25, 0.3) is 21.9 Å². The summed E-state index contributed by atoms with van der Waals surface area (Å²) in [6, 6.07) is 18.3. The highest BCUT2D eigenvalue weighted by molar-refractivity contribution is 7.17. The number of rotatable bonds is 7. The van der Waals surface area contributed by atoms with Crippen LogP contribution >= 0.6 is 11.3 Å². The lowest BCUT2D eigenvalue weighted by Crippen LogP contribution is -2.26. The molecule has 5 heterocycles. The molecule has 3 aliphatic rings. The number of carbonyl (C=O) groups excluding carboxylic acids is 2. The van der Waals surface area contributed by atoms with Crippen molar-refractivity contribution in [3.8, 4) is 21.9 Å². The molecule has 0 spiro atoms. The van der Waals surface area contributed by atoms with Crippen molar-refractivity contribution >= 4 is 23.2 Å². The normalized spacial score (nSPS) is 18.3. The van der Waals surface area contributed by atoms with E-state index in [-0.39, 0.29) is 35.6 Å². The first-order chi connectivity index (χ1) is 21.9. The quantitative estimate of drug-likeness (QED) is 0.215. The number of carbonyl (C=O) groups is 2. The summed E-state index contributed by atoms with van der Waals surface area (Å²) in [6.07, 6.45) is 4.70. The second-order valence-electron chi connectivity index (χ2n) is 11.9. The van der Waals surface area contributed by atoms with Crippen molar-refractivity contribution in [2.24, 2.45) is 0 Å². The number of aryl methyl sites for hydroxylation is 4. The van der Waals surface area contributed by atoms with Crippen molar-refractivity contribution in [1.82, 2.24) is 25.4 Å². The monoisotopic (exact) mass is 619 g/mol. The summed E-state index contributed by atoms with van der Waals surface area (Å²) >= 11 is 1.35. The third kappa shape index (κ3) is 4.84. The predicted molar refractivity (Wildman–Crippen MR) is 167 cm³/mol. The molecule has 8 rings (SSSR count). The Bertz CT molecular complexity index is 1970. The van der Waals surface area contributed by atoms with E-state index < -0.39 is 0 Å². The molecule has 2 atom stereocenters. The van der Waals surface area contributed by atoms with Gasteiger partial charge in [0.1, 0.15) is 5.82 Å². The van der Waals surface area contributed by atoms with E-state index >= 15 is 0 Å². The van der Waals surface area contributed by atoms with E-state index in [0.29, 0.717) is 46.8 Å². The maximum absolute atomic E-state index is 14.0. The maximum atomic E-state index is 14.0. The van der Waals surface area contributed by atoms with Crippen LogP contribution in [0.3, 0.4) is 0 Å². The smallest absolute Gasteiger partial charge is 0.261 e. The zero-order valence-electron chi connectivity index (χ0n) is 24.7. The van der Waals surface area contributed by atoms with Crippen molar-refractivity contribution in [2.45, 2.75) is 57.5 Å². The molecular formula is C35H30FN5O3S. The summed E-state index contributed by atoms with van der Waals surface area (Å²) in [4.78, 5) is 35.9. The van der Waals surface area contributed by atoms with Gasteiger partial charge in [-0.3, -0.25) is 14.6 Å². The number of hydrogen-bond acceptors (Lipinski definition) is 7. The molecule has 1 saturated heterocycles. The van der Waals surface area contributed by atoms with Gasteiger partial charge in [0.25, 0.3) is 11.8 Å². The Balaban J connectivity index is 1.23. The van der Waals surface area contributed by atoms with Crippen molar-refractivity contribution in [3.63, 3.8) is 0 Å². The molecule has 2 aliphatic heterocycles. The number of aromatic nitrogens is 3. The largest absolute Gasteiger partial charge is 0.421 e. The lowest BCUT2D eigenvalue weighted by molar-refractivity contribution is 0.0776. The Kier molecular flexibility index (Phi) is 6.82. The molecule has 1 fully saturated rings. The Morgan fingerprint density at radius 2 is 1.87 bits per heavy atom. The number of halogens is 1. The Morgan fingerprint density at radius 1 is 1.02 bits per heavy atom. The molecular weight excluding hydrogens is 589 g/mol. The summed E-state index contributed by atoms with van der Waals surface area (Å²) in [7, 11) is 0. The topological polar surface area (TPSA) is 101 Å². The summed E-state index contributed by atoms with van der Waals surface area (Å²) in [6.45, 7) is 2.41. The fourth-order valence-electron chi connectivity index (χ4n) is 7.05. The third-order valence-corrected chi connectivity index (χ3v) is 10.3. The zero-order chi connectivity index (χ0) is 30.7.